The third-order valence-electron chi connectivity index (χ3n) is 4.59. The van der Waals surface area contributed by atoms with Crippen LogP contribution in [0.4, 0.5) is 4.79 Å². The maximum atomic E-state index is 13.3. The Bertz CT molecular complexity index is 1110. The van der Waals surface area contributed by atoms with Gasteiger partial charge >= 0.3 is 11.8 Å². The minimum absolute atomic E-state index is 0.265. The highest BCUT2D eigenvalue weighted by Crippen LogP contribution is 2.27. The Labute approximate surface area is 185 Å². The van der Waals surface area contributed by atoms with E-state index in [1.165, 1.54) is 22.1 Å². The van der Waals surface area contributed by atoms with Gasteiger partial charge in [-0.25, -0.2) is 9.59 Å². The summed E-state index contributed by atoms with van der Waals surface area (Å²) in [5, 5.41) is 15.0. The van der Waals surface area contributed by atoms with Gasteiger partial charge < -0.3 is 9.84 Å². The molecule has 0 aliphatic rings. The van der Waals surface area contributed by atoms with Crippen LogP contribution >= 0.6 is 11.3 Å². The molecule has 2 aromatic heterocycles. The molecule has 2 aromatic rings. The maximum Gasteiger partial charge on any atom is 0.428 e. The molecule has 2 heterocycles. The number of hydrogen-bond donors (Lipinski definition) is 1. The molecule has 172 valence electrons. The minimum Gasteiger partial charge on any atom is -0.464 e. The number of carbonyl (C=O) groups is 1. The fraction of sp³-hybridized carbons (Fsp3) is 0.619. The van der Waals surface area contributed by atoms with Crippen molar-refractivity contribution >= 4 is 33.9 Å². The number of aryl methyl sites for hydroxylation is 1. The number of thiophene rings is 1. The number of rotatable bonds is 6. The van der Waals surface area contributed by atoms with Crippen LogP contribution in [0, 0.1) is 12.3 Å². The molecule has 0 unspecified atom stereocenters. The van der Waals surface area contributed by atoms with Crippen molar-refractivity contribution in [3.63, 3.8) is 0 Å². The van der Waals surface area contributed by atoms with Gasteiger partial charge in [0.1, 0.15) is 4.83 Å². The molecule has 10 heteroatoms. The first kappa shape index (κ1) is 24.8. The van der Waals surface area contributed by atoms with Crippen LogP contribution in [-0.2, 0) is 17.8 Å². The molecule has 0 aromatic carbocycles. The highest BCUT2D eigenvalue weighted by Gasteiger charge is 2.26. The number of hydrogen-bond acceptors (Lipinski definition) is 6. The molecule has 9 nitrogen and oxygen atoms in total. The first-order chi connectivity index (χ1) is 14.2. The number of methoxy groups -OCH3 is 1. The summed E-state index contributed by atoms with van der Waals surface area (Å²) in [6.07, 6.45) is 0.268. The average molecular weight is 453 g/mol. The zero-order valence-corrected chi connectivity index (χ0v) is 20.3. The predicted octanol–water partition coefficient (Wildman–Crippen LogP) is 3.34. The van der Waals surface area contributed by atoms with Crippen molar-refractivity contribution in [2.24, 2.45) is 10.5 Å². The topological polar surface area (TPSA) is 106 Å². The second kappa shape index (κ2) is 8.96. The number of amides is 1. The van der Waals surface area contributed by atoms with Crippen molar-refractivity contribution in [2.45, 2.75) is 67.1 Å². The largest absolute Gasteiger partial charge is 0.464 e. The summed E-state index contributed by atoms with van der Waals surface area (Å²) in [5.41, 5.74) is -1.05. The maximum absolute atomic E-state index is 13.3. The molecule has 0 fully saturated rings. The van der Waals surface area contributed by atoms with Gasteiger partial charge in [-0.1, -0.05) is 20.8 Å². The molecule has 1 N–H and O–H groups in total. The molecule has 0 saturated carbocycles. The number of fused-ring (bicyclic) bond motifs is 1. The van der Waals surface area contributed by atoms with Crippen LogP contribution in [-0.4, -0.2) is 50.8 Å². The SMILES string of the molecule is COCCn1c(=O)n(CC(C)(C)C)c(=O)c2c(C)c(/C=N\N(C(=O)O)C(C)(C)C)sc21. The Morgan fingerprint density at radius 2 is 1.81 bits per heavy atom. The quantitative estimate of drug-likeness (QED) is 0.534. The molecule has 0 radical (unpaired) electrons. The third-order valence-corrected chi connectivity index (χ3v) is 5.84. The fourth-order valence-corrected chi connectivity index (χ4v) is 4.33. The van der Waals surface area contributed by atoms with Crippen LogP contribution < -0.4 is 11.2 Å². The monoisotopic (exact) mass is 452 g/mol. The molecule has 0 bridgehead atoms. The van der Waals surface area contributed by atoms with Gasteiger partial charge in [0.05, 0.1) is 35.2 Å². The van der Waals surface area contributed by atoms with Gasteiger partial charge in [0, 0.05) is 13.7 Å². The Hall–Kier alpha value is -2.46. The standard InChI is InChI=1S/C21H32N4O5S/c1-13-14(11-22-25(19(28)29)21(5,6)7)31-17-15(13)16(26)24(12-20(2,3)4)18(27)23(17)9-10-30-8/h11H,9-10,12H2,1-8H3,(H,28,29)/b22-11-. The van der Waals surface area contributed by atoms with Crippen molar-refractivity contribution in [3.8, 4) is 0 Å². The highest BCUT2D eigenvalue weighted by atomic mass is 32.1. The first-order valence-corrected chi connectivity index (χ1v) is 10.8. The zero-order chi connectivity index (χ0) is 23.7. The summed E-state index contributed by atoms with van der Waals surface area (Å²) in [6, 6.07) is 0. The highest BCUT2D eigenvalue weighted by molar-refractivity contribution is 7.20. The van der Waals surface area contributed by atoms with E-state index >= 15 is 0 Å². The summed E-state index contributed by atoms with van der Waals surface area (Å²) in [5.74, 6) is 0. The van der Waals surface area contributed by atoms with Crippen LogP contribution in [0.5, 0.6) is 0 Å². The second-order valence-electron chi connectivity index (χ2n) is 9.66. The van der Waals surface area contributed by atoms with Crippen LogP contribution in [0.25, 0.3) is 10.2 Å². The van der Waals surface area contributed by atoms with Crippen LogP contribution in [0.2, 0.25) is 0 Å². The lowest BCUT2D eigenvalue weighted by atomic mass is 9.97. The van der Waals surface area contributed by atoms with Crippen molar-refractivity contribution in [1.82, 2.24) is 14.1 Å². The van der Waals surface area contributed by atoms with E-state index in [1.54, 1.807) is 39.4 Å². The summed E-state index contributed by atoms with van der Waals surface area (Å²) in [6.45, 7) is 13.8. The molecule has 0 atom stereocenters. The minimum atomic E-state index is -1.17. The van der Waals surface area contributed by atoms with Gasteiger partial charge in [0.25, 0.3) is 5.56 Å². The van der Waals surface area contributed by atoms with Gasteiger partial charge in [0.15, 0.2) is 0 Å². The van der Waals surface area contributed by atoms with Crippen molar-refractivity contribution in [2.75, 3.05) is 13.7 Å². The summed E-state index contributed by atoms with van der Waals surface area (Å²) >= 11 is 1.25. The molecule has 31 heavy (non-hydrogen) atoms. The van der Waals surface area contributed by atoms with E-state index in [1.807, 2.05) is 20.8 Å². The number of aromatic nitrogens is 2. The second-order valence-corrected chi connectivity index (χ2v) is 10.7. The van der Waals surface area contributed by atoms with Gasteiger partial charge in [-0.2, -0.15) is 10.1 Å². The van der Waals surface area contributed by atoms with Crippen molar-refractivity contribution in [3.05, 3.63) is 31.3 Å². The van der Waals surface area contributed by atoms with Crippen LogP contribution in [0.1, 0.15) is 52.0 Å². The lowest BCUT2D eigenvalue weighted by Crippen LogP contribution is -2.42. The van der Waals surface area contributed by atoms with E-state index in [-0.39, 0.29) is 23.2 Å². The molecular weight excluding hydrogens is 420 g/mol. The van der Waals surface area contributed by atoms with Gasteiger partial charge in [-0.15, -0.1) is 11.3 Å². The third kappa shape index (κ3) is 5.43. The van der Waals surface area contributed by atoms with E-state index < -0.39 is 11.6 Å². The first-order valence-electron chi connectivity index (χ1n) is 10.0. The average Bonchev–Trinajstić information content (AvgIpc) is 2.93. The Morgan fingerprint density at radius 3 is 2.29 bits per heavy atom. The van der Waals surface area contributed by atoms with E-state index in [0.29, 0.717) is 33.8 Å². The Balaban J connectivity index is 2.76. The van der Waals surface area contributed by atoms with Crippen molar-refractivity contribution < 1.29 is 14.6 Å². The lowest BCUT2D eigenvalue weighted by molar-refractivity contribution is 0.103. The van der Waals surface area contributed by atoms with Crippen LogP contribution in [0.3, 0.4) is 0 Å². The van der Waals surface area contributed by atoms with Gasteiger partial charge in [-0.3, -0.25) is 13.9 Å². The smallest absolute Gasteiger partial charge is 0.428 e. The number of nitrogens with zero attached hydrogens (tertiary/aromatic N) is 4. The summed E-state index contributed by atoms with van der Waals surface area (Å²) in [4.78, 5) is 39.2. The molecular formula is C21H32N4O5S. The fourth-order valence-electron chi connectivity index (χ4n) is 3.15. The molecule has 0 aliphatic heterocycles. The Kier molecular flexibility index (Phi) is 7.17. The van der Waals surface area contributed by atoms with Gasteiger partial charge in [0.2, 0.25) is 0 Å². The zero-order valence-electron chi connectivity index (χ0n) is 19.5. The number of carboxylic acid groups (broad SMARTS) is 1. The Morgan fingerprint density at radius 1 is 1.19 bits per heavy atom. The molecule has 2 rings (SSSR count). The van der Waals surface area contributed by atoms with Crippen LogP contribution in [0.15, 0.2) is 14.7 Å². The molecule has 0 saturated heterocycles. The predicted molar refractivity (Wildman–Crippen MR) is 124 cm³/mol. The number of ether oxygens (including phenoxy) is 1. The normalized spacial score (nSPS) is 12.8. The van der Waals surface area contributed by atoms with E-state index in [0.717, 1.165) is 5.01 Å². The molecule has 0 aliphatic carbocycles. The van der Waals surface area contributed by atoms with Crippen molar-refractivity contribution in [1.29, 1.82) is 0 Å². The molecule has 1 amide bonds. The lowest BCUT2D eigenvalue weighted by Gasteiger charge is -2.27. The van der Waals surface area contributed by atoms with E-state index in [4.69, 9.17) is 4.74 Å². The van der Waals surface area contributed by atoms with Gasteiger partial charge in [-0.05, 0) is 38.7 Å². The molecule has 0 spiro atoms. The van der Waals surface area contributed by atoms with E-state index in [9.17, 15) is 19.5 Å². The summed E-state index contributed by atoms with van der Waals surface area (Å²) in [7, 11) is 1.55. The van der Waals surface area contributed by atoms with E-state index in [2.05, 4.69) is 5.10 Å². The summed E-state index contributed by atoms with van der Waals surface area (Å²) < 4.78 is 7.99. The number of hydrazone groups is 1.